The highest BCUT2D eigenvalue weighted by atomic mass is 19.3. The van der Waals surface area contributed by atoms with E-state index in [0.29, 0.717) is 29.6 Å². The van der Waals surface area contributed by atoms with E-state index in [4.69, 9.17) is 10.5 Å². The molecule has 1 aliphatic heterocycles. The predicted octanol–water partition coefficient (Wildman–Crippen LogP) is 1.50. The van der Waals surface area contributed by atoms with E-state index in [1.807, 2.05) is 0 Å². The molecule has 1 fully saturated rings. The normalized spacial score (nSPS) is 15.2. The Morgan fingerprint density at radius 3 is 2.78 bits per heavy atom. The number of benzene rings is 1. The van der Waals surface area contributed by atoms with Gasteiger partial charge in [-0.2, -0.15) is 19.0 Å². The number of hydrogen-bond acceptors (Lipinski definition) is 9. The van der Waals surface area contributed by atoms with E-state index in [-0.39, 0.29) is 40.7 Å². The summed E-state index contributed by atoms with van der Waals surface area (Å²) >= 11 is 0. The molecule has 1 aromatic carbocycles. The van der Waals surface area contributed by atoms with Crippen molar-refractivity contribution in [2.24, 2.45) is 10.7 Å². The van der Waals surface area contributed by atoms with Gasteiger partial charge in [0.2, 0.25) is 5.91 Å². The van der Waals surface area contributed by atoms with Crippen LogP contribution in [0.25, 0.3) is 22.2 Å². The predicted molar refractivity (Wildman–Crippen MR) is 146 cm³/mol. The van der Waals surface area contributed by atoms with Crippen molar-refractivity contribution >= 4 is 40.3 Å². The Balaban J connectivity index is 1.47. The third-order valence-electron chi connectivity index (χ3n) is 6.73. The van der Waals surface area contributed by atoms with E-state index in [1.54, 1.807) is 17.2 Å². The summed E-state index contributed by atoms with van der Waals surface area (Å²) < 4.78 is 32.7. The van der Waals surface area contributed by atoms with Gasteiger partial charge in [-0.25, -0.2) is 9.50 Å². The first-order valence-corrected chi connectivity index (χ1v) is 12.9. The summed E-state index contributed by atoms with van der Waals surface area (Å²) in [5.41, 5.74) is 7.27. The van der Waals surface area contributed by atoms with Crippen molar-refractivity contribution in [2.45, 2.75) is 13.5 Å². The molecule has 3 aromatic heterocycles. The van der Waals surface area contributed by atoms with Crippen LogP contribution in [0.15, 0.2) is 53.7 Å². The number of carbonyl (C=O) groups excluding carboxylic acids is 2. The standard InChI is InChI=1S/C26H28F2N10O3/c1-2-36-6-8-37(9-7-36)22(39)15-30-14-20(34-25(40)18-13-33-38-5-3-4-31-24(18)38)23(29)17-10-16-12-32-35-19(16)11-21(17)41-26(27)28/h3-5,10-14,26H,2,6-9,15,29H2,1H3,(H,32,35)(H,34,40). The first kappa shape index (κ1) is 27.6. The molecule has 2 amide bonds. The molecule has 41 heavy (non-hydrogen) atoms. The molecular weight excluding hydrogens is 538 g/mol. The Morgan fingerprint density at radius 2 is 2.02 bits per heavy atom. The van der Waals surface area contributed by atoms with Gasteiger partial charge in [-0.3, -0.25) is 19.7 Å². The van der Waals surface area contributed by atoms with Crippen LogP contribution in [-0.2, 0) is 4.79 Å². The lowest BCUT2D eigenvalue weighted by Crippen LogP contribution is -2.49. The maximum atomic E-state index is 13.3. The Labute approximate surface area is 232 Å². The Morgan fingerprint density at radius 1 is 1.22 bits per heavy atom. The molecule has 0 saturated carbocycles. The Hall–Kier alpha value is -4.92. The van der Waals surface area contributed by atoms with Crippen LogP contribution in [0.5, 0.6) is 5.75 Å². The highest BCUT2D eigenvalue weighted by Gasteiger charge is 2.22. The number of carbonyl (C=O) groups is 2. The SMILES string of the molecule is CCN1CCN(C(=O)CN=CC(NC(=O)c2cnn3cccnc23)=C(N)c2cc3cn[nH]c3cc2OC(F)F)CC1. The van der Waals surface area contributed by atoms with Crippen molar-refractivity contribution in [3.63, 3.8) is 0 Å². The lowest BCUT2D eigenvalue weighted by atomic mass is 10.1. The summed E-state index contributed by atoms with van der Waals surface area (Å²) in [7, 11) is 0. The minimum absolute atomic E-state index is 0.0316. The van der Waals surface area contributed by atoms with E-state index >= 15 is 0 Å². The number of alkyl halides is 2. The lowest BCUT2D eigenvalue weighted by molar-refractivity contribution is -0.131. The summed E-state index contributed by atoms with van der Waals surface area (Å²) in [6.07, 6.45) is 7.21. The molecule has 4 N–H and O–H groups in total. The average Bonchev–Trinajstić information content (AvgIpc) is 3.62. The molecule has 0 unspecified atom stereocenters. The number of allylic oxidation sites excluding steroid dienone is 1. The average molecular weight is 567 g/mol. The van der Waals surface area contributed by atoms with Crippen LogP contribution in [-0.4, -0.2) is 98.5 Å². The molecule has 15 heteroatoms. The van der Waals surface area contributed by atoms with Gasteiger partial charge in [-0.15, -0.1) is 0 Å². The highest BCUT2D eigenvalue weighted by Crippen LogP contribution is 2.30. The number of piperazine rings is 1. The minimum Gasteiger partial charge on any atom is -0.434 e. The van der Waals surface area contributed by atoms with Gasteiger partial charge in [0.1, 0.15) is 17.9 Å². The van der Waals surface area contributed by atoms with Crippen molar-refractivity contribution in [3.05, 3.63) is 59.8 Å². The number of fused-ring (bicyclic) bond motifs is 2. The monoisotopic (exact) mass is 566 g/mol. The molecule has 4 heterocycles. The fourth-order valence-corrected chi connectivity index (χ4v) is 4.50. The van der Waals surface area contributed by atoms with Gasteiger partial charge >= 0.3 is 6.61 Å². The van der Waals surface area contributed by atoms with E-state index in [1.165, 1.54) is 41.5 Å². The van der Waals surface area contributed by atoms with Gasteiger partial charge in [0.15, 0.2) is 5.65 Å². The molecule has 0 aliphatic carbocycles. The summed E-state index contributed by atoms with van der Waals surface area (Å²) in [4.78, 5) is 38.5. The van der Waals surface area contributed by atoms with Crippen LogP contribution in [0, 0.1) is 0 Å². The van der Waals surface area contributed by atoms with E-state index in [2.05, 4.69) is 42.4 Å². The zero-order valence-electron chi connectivity index (χ0n) is 22.1. The number of halogens is 2. The zero-order valence-corrected chi connectivity index (χ0v) is 22.1. The first-order valence-electron chi connectivity index (χ1n) is 12.9. The minimum atomic E-state index is -3.13. The zero-order chi connectivity index (χ0) is 28.9. The Kier molecular flexibility index (Phi) is 8.14. The van der Waals surface area contributed by atoms with Crippen LogP contribution in [0.2, 0.25) is 0 Å². The van der Waals surface area contributed by atoms with Crippen molar-refractivity contribution in [3.8, 4) is 5.75 Å². The number of ether oxygens (including phenoxy) is 1. The molecule has 214 valence electrons. The van der Waals surface area contributed by atoms with E-state index in [0.717, 1.165) is 19.6 Å². The molecule has 4 aromatic rings. The number of aliphatic imine (C=N–C) groups is 1. The number of H-pyrrole nitrogens is 1. The number of aromatic nitrogens is 5. The maximum Gasteiger partial charge on any atom is 0.387 e. The number of aromatic amines is 1. The smallest absolute Gasteiger partial charge is 0.387 e. The number of amides is 2. The van der Waals surface area contributed by atoms with Gasteiger partial charge in [0.05, 0.1) is 29.3 Å². The van der Waals surface area contributed by atoms with Gasteiger partial charge in [-0.1, -0.05) is 6.92 Å². The third-order valence-corrected chi connectivity index (χ3v) is 6.73. The lowest BCUT2D eigenvalue weighted by Gasteiger charge is -2.33. The number of hydrogen-bond donors (Lipinski definition) is 3. The van der Waals surface area contributed by atoms with E-state index in [9.17, 15) is 18.4 Å². The van der Waals surface area contributed by atoms with Gasteiger partial charge in [0, 0.05) is 61.8 Å². The largest absolute Gasteiger partial charge is 0.434 e. The second-order valence-corrected chi connectivity index (χ2v) is 9.20. The summed E-state index contributed by atoms with van der Waals surface area (Å²) in [5.74, 6) is -1.04. The number of likely N-dealkylation sites (N-methyl/N-ethyl adjacent to an activating group) is 1. The third kappa shape index (κ3) is 6.14. The number of nitrogens with one attached hydrogen (secondary N) is 2. The molecule has 5 rings (SSSR count). The van der Waals surface area contributed by atoms with Crippen LogP contribution in [0.3, 0.4) is 0 Å². The van der Waals surface area contributed by atoms with Crippen molar-refractivity contribution in [2.75, 3.05) is 39.3 Å². The second kappa shape index (κ2) is 12.1. The van der Waals surface area contributed by atoms with Crippen molar-refractivity contribution in [1.82, 2.24) is 39.9 Å². The van der Waals surface area contributed by atoms with Gasteiger partial charge in [0.25, 0.3) is 5.91 Å². The highest BCUT2D eigenvalue weighted by molar-refractivity contribution is 6.05. The molecular formula is C26H28F2N10O3. The maximum absolute atomic E-state index is 13.3. The Bertz CT molecular complexity index is 1620. The van der Waals surface area contributed by atoms with Crippen LogP contribution < -0.4 is 15.8 Å². The molecule has 0 radical (unpaired) electrons. The van der Waals surface area contributed by atoms with Gasteiger partial charge < -0.3 is 25.6 Å². The fourth-order valence-electron chi connectivity index (χ4n) is 4.50. The van der Waals surface area contributed by atoms with Crippen LogP contribution in [0.1, 0.15) is 22.8 Å². The van der Waals surface area contributed by atoms with Crippen molar-refractivity contribution in [1.29, 1.82) is 0 Å². The molecule has 0 bridgehead atoms. The molecule has 1 aliphatic rings. The summed E-state index contributed by atoms with van der Waals surface area (Å²) in [6, 6.07) is 4.50. The number of nitrogens with zero attached hydrogens (tertiary/aromatic N) is 7. The quantitative estimate of drug-likeness (QED) is 0.257. The number of nitrogens with two attached hydrogens (primary N) is 1. The first-order chi connectivity index (χ1) is 19.8. The molecule has 0 spiro atoms. The molecule has 0 atom stereocenters. The second-order valence-electron chi connectivity index (χ2n) is 9.20. The van der Waals surface area contributed by atoms with E-state index < -0.39 is 12.5 Å². The molecule has 1 saturated heterocycles. The topological polar surface area (TPSA) is 159 Å². The summed E-state index contributed by atoms with van der Waals surface area (Å²) in [6.45, 7) is 2.38. The van der Waals surface area contributed by atoms with Gasteiger partial charge in [-0.05, 0) is 18.7 Å². The molecule has 13 nitrogen and oxygen atoms in total. The van der Waals surface area contributed by atoms with Crippen LogP contribution >= 0.6 is 0 Å². The fraction of sp³-hybridized carbons (Fsp3) is 0.308. The van der Waals surface area contributed by atoms with Crippen LogP contribution in [0.4, 0.5) is 8.78 Å². The summed E-state index contributed by atoms with van der Waals surface area (Å²) in [5, 5.41) is 14.0. The van der Waals surface area contributed by atoms with Crippen molar-refractivity contribution < 1.29 is 23.1 Å². The number of rotatable bonds is 9.